The van der Waals surface area contributed by atoms with Gasteiger partial charge in [0.15, 0.2) is 0 Å². The monoisotopic (exact) mass is 296 g/mol. The number of hydrogen-bond acceptors (Lipinski definition) is 5. The minimum atomic E-state index is -0.466. The Hall–Kier alpha value is -1.63. The van der Waals surface area contributed by atoms with E-state index in [2.05, 4.69) is 10.3 Å². The highest BCUT2D eigenvalue weighted by Crippen LogP contribution is 2.20. The molecule has 1 aromatic heterocycles. The van der Waals surface area contributed by atoms with Crippen LogP contribution in [0.5, 0.6) is 0 Å². The van der Waals surface area contributed by atoms with Crippen LogP contribution in [0.1, 0.15) is 39.3 Å². The van der Waals surface area contributed by atoms with Crippen LogP contribution in [0.25, 0.3) is 0 Å². The first-order valence-corrected chi connectivity index (χ1v) is 7.35. The Morgan fingerprint density at radius 3 is 2.90 bits per heavy atom. The zero-order chi connectivity index (χ0) is 15.5. The average molecular weight is 296 g/mol. The Kier molecular flexibility index (Phi) is 4.82. The van der Waals surface area contributed by atoms with Gasteiger partial charge in [-0.15, -0.1) is 5.10 Å². The van der Waals surface area contributed by atoms with E-state index in [0.717, 1.165) is 19.4 Å². The Bertz CT molecular complexity index is 481. The maximum absolute atomic E-state index is 12.1. The summed E-state index contributed by atoms with van der Waals surface area (Å²) in [5, 5.41) is 16.8. The van der Waals surface area contributed by atoms with Crippen LogP contribution in [0.3, 0.4) is 0 Å². The predicted molar refractivity (Wildman–Crippen MR) is 76.5 cm³/mol. The number of likely N-dealkylation sites (tertiary alicyclic amines) is 1. The second-order valence-corrected chi connectivity index (χ2v) is 6.52. The van der Waals surface area contributed by atoms with E-state index in [1.165, 1.54) is 0 Å². The zero-order valence-electron chi connectivity index (χ0n) is 12.9. The summed E-state index contributed by atoms with van der Waals surface area (Å²) in [6.07, 6.45) is 3.51. The second kappa shape index (κ2) is 6.43. The van der Waals surface area contributed by atoms with Gasteiger partial charge in [-0.3, -0.25) is 4.68 Å². The van der Waals surface area contributed by atoms with Gasteiger partial charge < -0.3 is 14.7 Å². The molecule has 1 amide bonds. The number of carbonyl (C=O) groups is 1. The summed E-state index contributed by atoms with van der Waals surface area (Å²) in [6, 6.07) is 0. The molecule has 1 fully saturated rings. The van der Waals surface area contributed by atoms with E-state index in [1.54, 1.807) is 15.8 Å². The van der Waals surface area contributed by atoms with E-state index >= 15 is 0 Å². The fourth-order valence-electron chi connectivity index (χ4n) is 2.47. The molecule has 0 spiro atoms. The molecule has 21 heavy (non-hydrogen) atoms. The van der Waals surface area contributed by atoms with Gasteiger partial charge in [-0.1, -0.05) is 5.21 Å². The third-order valence-corrected chi connectivity index (χ3v) is 3.36. The third-order valence-electron chi connectivity index (χ3n) is 3.36. The van der Waals surface area contributed by atoms with Gasteiger partial charge in [0.1, 0.15) is 11.3 Å². The highest BCUT2D eigenvalue weighted by Gasteiger charge is 2.27. The van der Waals surface area contributed by atoms with Gasteiger partial charge in [0.25, 0.3) is 0 Å². The number of carbonyl (C=O) groups excluding carboxylic acids is 1. The van der Waals surface area contributed by atoms with Crippen LogP contribution in [0.4, 0.5) is 4.79 Å². The topological polar surface area (TPSA) is 80.5 Å². The van der Waals surface area contributed by atoms with Crippen molar-refractivity contribution in [2.24, 2.45) is 5.92 Å². The lowest BCUT2D eigenvalue weighted by molar-refractivity contribution is 0.0155. The van der Waals surface area contributed by atoms with Crippen LogP contribution in [-0.4, -0.2) is 49.8 Å². The molecule has 0 aliphatic carbocycles. The Labute approximate surface area is 124 Å². The maximum Gasteiger partial charge on any atom is 0.410 e. The first-order chi connectivity index (χ1) is 9.87. The van der Waals surface area contributed by atoms with Crippen molar-refractivity contribution in [2.45, 2.75) is 52.4 Å². The summed E-state index contributed by atoms with van der Waals surface area (Å²) in [4.78, 5) is 13.9. The van der Waals surface area contributed by atoms with Crippen molar-refractivity contribution in [3.05, 3.63) is 11.9 Å². The molecule has 0 radical (unpaired) electrons. The fourth-order valence-corrected chi connectivity index (χ4v) is 2.47. The molecule has 0 saturated carbocycles. The van der Waals surface area contributed by atoms with Gasteiger partial charge in [-0.2, -0.15) is 0 Å². The molecule has 1 unspecified atom stereocenters. The van der Waals surface area contributed by atoms with Crippen molar-refractivity contribution in [1.29, 1.82) is 0 Å². The van der Waals surface area contributed by atoms with Crippen LogP contribution >= 0.6 is 0 Å². The number of aromatic nitrogens is 3. The van der Waals surface area contributed by atoms with Crippen LogP contribution in [0.15, 0.2) is 6.20 Å². The summed E-state index contributed by atoms with van der Waals surface area (Å²) < 4.78 is 7.15. The molecule has 118 valence electrons. The number of hydrogen-bond donors (Lipinski definition) is 1. The van der Waals surface area contributed by atoms with Crippen molar-refractivity contribution in [3.63, 3.8) is 0 Å². The number of nitrogens with zero attached hydrogens (tertiary/aromatic N) is 4. The van der Waals surface area contributed by atoms with Crippen LogP contribution in [0, 0.1) is 5.92 Å². The van der Waals surface area contributed by atoms with Crippen molar-refractivity contribution < 1.29 is 14.6 Å². The Morgan fingerprint density at radius 2 is 2.29 bits per heavy atom. The van der Waals surface area contributed by atoms with Gasteiger partial charge in [0.2, 0.25) is 0 Å². The number of aliphatic hydroxyl groups excluding tert-OH is 1. The van der Waals surface area contributed by atoms with Crippen molar-refractivity contribution >= 4 is 6.09 Å². The zero-order valence-corrected chi connectivity index (χ0v) is 12.9. The van der Waals surface area contributed by atoms with E-state index in [9.17, 15) is 4.79 Å². The third kappa shape index (κ3) is 4.70. The Morgan fingerprint density at radius 1 is 1.52 bits per heavy atom. The van der Waals surface area contributed by atoms with Gasteiger partial charge >= 0.3 is 6.09 Å². The molecule has 1 aromatic rings. The summed E-state index contributed by atoms with van der Waals surface area (Å²) in [5.74, 6) is 0.333. The SMILES string of the molecule is CC(C)(C)OC(=O)N1CCCC(Cn2cc(CO)nn2)C1. The smallest absolute Gasteiger partial charge is 0.410 e. The molecule has 7 heteroatoms. The van der Waals surface area contributed by atoms with E-state index in [1.807, 2.05) is 20.8 Å². The predicted octanol–water partition coefficient (Wildman–Crippen LogP) is 1.42. The van der Waals surface area contributed by atoms with E-state index in [4.69, 9.17) is 9.84 Å². The molecule has 2 rings (SSSR count). The molecule has 2 heterocycles. The molecule has 1 saturated heterocycles. The van der Waals surface area contributed by atoms with Crippen LogP contribution < -0.4 is 0 Å². The quantitative estimate of drug-likeness (QED) is 0.912. The largest absolute Gasteiger partial charge is 0.444 e. The van der Waals surface area contributed by atoms with E-state index in [-0.39, 0.29) is 12.7 Å². The summed E-state index contributed by atoms with van der Waals surface area (Å²) >= 11 is 0. The van der Waals surface area contributed by atoms with Gasteiger partial charge in [-0.05, 0) is 39.5 Å². The molecule has 0 aromatic carbocycles. The lowest BCUT2D eigenvalue weighted by Crippen LogP contribution is -2.43. The van der Waals surface area contributed by atoms with Crippen LogP contribution in [0.2, 0.25) is 0 Å². The van der Waals surface area contributed by atoms with Crippen molar-refractivity contribution in [1.82, 2.24) is 19.9 Å². The molecular formula is C14H24N4O3. The molecular weight excluding hydrogens is 272 g/mol. The number of aliphatic hydroxyl groups is 1. The number of amides is 1. The lowest BCUT2D eigenvalue weighted by atomic mass is 9.98. The normalized spacial score (nSPS) is 19.6. The minimum absolute atomic E-state index is 0.102. The molecule has 1 aliphatic heterocycles. The van der Waals surface area contributed by atoms with E-state index in [0.29, 0.717) is 24.7 Å². The molecule has 1 aliphatic rings. The first kappa shape index (κ1) is 15.8. The molecule has 1 atom stereocenters. The highest BCUT2D eigenvalue weighted by atomic mass is 16.6. The van der Waals surface area contributed by atoms with Gasteiger partial charge in [0, 0.05) is 19.6 Å². The maximum atomic E-state index is 12.1. The van der Waals surface area contributed by atoms with Crippen molar-refractivity contribution in [3.8, 4) is 0 Å². The molecule has 0 bridgehead atoms. The summed E-state index contributed by atoms with van der Waals surface area (Å²) in [6.45, 7) is 7.63. The fraction of sp³-hybridized carbons (Fsp3) is 0.786. The first-order valence-electron chi connectivity index (χ1n) is 7.35. The van der Waals surface area contributed by atoms with Gasteiger partial charge in [0.05, 0.1) is 12.8 Å². The average Bonchev–Trinajstić information content (AvgIpc) is 2.85. The van der Waals surface area contributed by atoms with Crippen LogP contribution in [-0.2, 0) is 17.9 Å². The van der Waals surface area contributed by atoms with Gasteiger partial charge in [-0.25, -0.2) is 4.79 Å². The minimum Gasteiger partial charge on any atom is -0.444 e. The number of ether oxygens (including phenoxy) is 1. The standard InChI is InChI=1S/C14H24N4O3/c1-14(2,3)21-13(20)17-6-4-5-11(7-17)8-18-9-12(10-19)15-16-18/h9,11,19H,4-8,10H2,1-3H3. The molecule has 1 N–H and O–H groups in total. The second-order valence-electron chi connectivity index (χ2n) is 6.52. The van der Waals surface area contributed by atoms with E-state index < -0.39 is 5.60 Å². The molecule has 7 nitrogen and oxygen atoms in total. The summed E-state index contributed by atoms with van der Waals surface area (Å²) in [7, 11) is 0. The highest BCUT2D eigenvalue weighted by molar-refractivity contribution is 5.68. The number of piperidine rings is 1. The Balaban J connectivity index is 1.89. The number of rotatable bonds is 3. The summed E-state index contributed by atoms with van der Waals surface area (Å²) in [5.41, 5.74) is 0.0983. The van der Waals surface area contributed by atoms with Crippen molar-refractivity contribution in [2.75, 3.05) is 13.1 Å². The lowest BCUT2D eigenvalue weighted by Gasteiger charge is -2.34.